The lowest BCUT2D eigenvalue weighted by Crippen LogP contribution is -2.47. The molecule has 1 atom stereocenters. The Morgan fingerprint density at radius 1 is 1.21 bits per heavy atom. The molecule has 1 aromatic rings. The summed E-state index contributed by atoms with van der Waals surface area (Å²) in [6, 6.07) is 7.68. The summed E-state index contributed by atoms with van der Waals surface area (Å²) in [5.41, 5.74) is -0.0434. The summed E-state index contributed by atoms with van der Waals surface area (Å²) in [5, 5.41) is 11.6. The summed E-state index contributed by atoms with van der Waals surface area (Å²) in [4.78, 5) is 24.6. The Kier molecular flexibility index (Phi) is 7.03. The number of amides is 1. The van der Waals surface area contributed by atoms with Crippen molar-refractivity contribution in [1.29, 1.82) is 5.26 Å². The van der Waals surface area contributed by atoms with Gasteiger partial charge in [0.25, 0.3) is 5.91 Å². The number of benzene rings is 1. The van der Waals surface area contributed by atoms with E-state index in [2.05, 4.69) is 5.32 Å². The zero-order valence-electron chi connectivity index (χ0n) is 17.1. The van der Waals surface area contributed by atoms with E-state index < -0.39 is 33.6 Å². The molecule has 0 bridgehead atoms. The van der Waals surface area contributed by atoms with Crippen molar-refractivity contribution in [1.82, 2.24) is 9.62 Å². The van der Waals surface area contributed by atoms with Gasteiger partial charge in [0, 0.05) is 18.6 Å². The van der Waals surface area contributed by atoms with Crippen LogP contribution in [-0.4, -0.2) is 49.3 Å². The SMILES string of the molecule is C[C@H](OC(=O)C1CCN(S(=O)(=O)c2ccc(C#N)cc2)CC1)C(=O)NC(C)(C)C. The average molecular weight is 422 g/mol. The van der Waals surface area contributed by atoms with Crippen LogP contribution in [0.5, 0.6) is 0 Å². The first-order chi connectivity index (χ1) is 13.4. The Morgan fingerprint density at radius 2 is 1.76 bits per heavy atom. The van der Waals surface area contributed by atoms with Gasteiger partial charge in [-0.05, 0) is 64.8 Å². The van der Waals surface area contributed by atoms with Crippen molar-refractivity contribution in [3.63, 3.8) is 0 Å². The first-order valence-corrected chi connectivity index (χ1v) is 10.9. The molecule has 0 unspecified atom stereocenters. The van der Waals surface area contributed by atoms with Crippen LogP contribution in [0.25, 0.3) is 0 Å². The van der Waals surface area contributed by atoms with Gasteiger partial charge in [-0.1, -0.05) is 0 Å². The van der Waals surface area contributed by atoms with E-state index in [1.54, 1.807) is 0 Å². The van der Waals surface area contributed by atoms with Gasteiger partial charge in [0.1, 0.15) is 0 Å². The average Bonchev–Trinajstić information content (AvgIpc) is 2.66. The molecule has 2 rings (SSSR count). The minimum atomic E-state index is -3.69. The number of esters is 1. The molecule has 29 heavy (non-hydrogen) atoms. The monoisotopic (exact) mass is 421 g/mol. The largest absolute Gasteiger partial charge is 0.452 e. The highest BCUT2D eigenvalue weighted by molar-refractivity contribution is 7.89. The van der Waals surface area contributed by atoms with Crippen LogP contribution in [0, 0.1) is 17.2 Å². The van der Waals surface area contributed by atoms with E-state index in [-0.39, 0.29) is 23.9 Å². The number of hydrogen-bond acceptors (Lipinski definition) is 6. The van der Waals surface area contributed by atoms with Gasteiger partial charge in [-0.2, -0.15) is 9.57 Å². The van der Waals surface area contributed by atoms with Gasteiger partial charge in [0.15, 0.2) is 6.10 Å². The summed E-state index contributed by atoms with van der Waals surface area (Å²) in [6.45, 7) is 7.40. The van der Waals surface area contributed by atoms with Crippen LogP contribution in [0.2, 0.25) is 0 Å². The highest BCUT2D eigenvalue weighted by atomic mass is 32.2. The second kappa shape index (κ2) is 8.93. The fourth-order valence-electron chi connectivity index (χ4n) is 2.98. The first kappa shape index (κ1) is 22.8. The smallest absolute Gasteiger partial charge is 0.309 e. The molecule has 1 amide bonds. The molecular weight excluding hydrogens is 394 g/mol. The molecule has 0 radical (unpaired) electrons. The van der Waals surface area contributed by atoms with Crippen molar-refractivity contribution < 1.29 is 22.7 Å². The molecule has 1 saturated heterocycles. The third-order valence-corrected chi connectivity index (χ3v) is 6.48. The molecule has 0 aliphatic carbocycles. The normalized spacial score (nSPS) is 17.2. The van der Waals surface area contributed by atoms with E-state index in [9.17, 15) is 18.0 Å². The third-order valence-electron chi connectivity index (χ3n) is 4.57. The van der Waals surface area contributed by atoms with E-state index in [1.165, 1.54) is 35.5 Å². The number of ether oxygens (including phenoxy) is 1. The summed E-state index contributed by atoms with van der Waals surface area (Å²) < 4.78 is 32.1. The number of nitrogens with one attached hydrogen (secondary N) is 1. The molecule has 1 heterocycles. The topological polar surface area (TPSA) is 117 Å². The Balaban J connectivity index is 1.93. The zero-order valence-corrected chi connectivity index (χ0v) is 18.0. The maximum atomic E-state index is 12.7. The number of piperidine rings is 1. The highest BCUT2D eigenvalue weighted by Crippen LogP contribution is 2.25. The number of nitriles is 1. The van der Waals surface area contributed by atoms with Crippen LogP contribution in [0.4, 0.5) is 0 Å². The number of nitrogens with zero attached hydrogens (tertiary/aromatic N) is 2. The predicted molar refractivity (Wildman–Crippen MR) is 106 cm³/mol. The Bertz CT molecular complexity index is 890. The van der Waals surface area contributed by atoms with E-state index in [1.807, 2.05) is 26.8 Å². The van der Waals surface area contributed by atoms with Crippen molar-refractivity contribution in [2.75, 3.05) is 13.1 Å². The minimum Gasteiger partial charge on any atom is -0.452 e. The van der Waals surface area contributed by atoms with Crippen LogP contribution < -0.4 is 5.32 Å². The fraction of sp³-hybridized carbons (Fsp3) is 0.550. The van der Waals surface area contributed by atoms with Crippen molar-refractivity contribution >= 4 is 21.9 Å². The van der Waals surface area contributed by atoms with Crippen LogP contribution in [0.3, 0.4) is 0 Å². The van der Waals surface area contributed by atoms with Crippen molar-refractivity contribution in [3.8, 4) is 6.07 Å². The lowest BCUT2D eigenvalue weighted by atomic mass is 9.98. The van der Waals surface area contributed by atoms with Gasteiger partial charge < -0.3 is 10.1 Å². The molecule has 1 fully saturated rings. The highest BCUT2D eigenvalue weighted by Gasteiger charge is 2.34. The molecule has 1 N–H and O–H groups in total. The molecular formula is C20H27N3O5S. The molecule has 158 valence electrons. The van der Waals surface area contributed by atoms with Crippen LogP contribution >= 0.6 is 0 Å². The first-order valence-electron chi connectivity index (χ1n) is 9.47. The number of rotatable bonds is 5. The predicted octanol–water partition coefficient (Wildman–Crippen LogP) is 1.81. The van der Waals surface area contributed by atoms with Gasteiger partial charge in [-0.3, -0.25) is 9.59 Å². The molecule has 1 aliphatic rings. The standard InChI is InChI=1S/C20H27N3O5S/c1-14(18(24)22-20(2,3)4)28-19(25)16-9-11-23(12-10-16)29(26,27)17-7-5-15(13-21)6-8-17/h5-8,14,16H,9-12H2,1-4H3,(H,22,24)/t14-/m0/s1. The zero-order chi connectivity index (χ0) is 21.8. The minimum absolute atomic E-state index is 0.116. The van der Waals surface area contributed by atoms with E-state index in [0.29, 0.717) is 18.4 Å². The maximum absolute atomic E-state index is 12.7. The van der Waals surface area contributed by atoms with Crippen LogP contribution in [-0.2, 0) is 24.3 Å². The lowest BCUT2D eigenvalue weighted by molar-refractivity contribution is -0.160. The quantitative estimate of drug-likeness (QED) is 0.725. The summed E-state index contributed by atoms with van der Waals surface area (Å²) in [6.07, 6.45) is -0.272. The van der Waals surface area contributed by atoms with Crippen molar-refractivity contribution in [3.05, 3.63) is 29.8 Å². The van der Waals surface area contributed by atoms with Crippen LogP contribution in [0.1, 0.15) is 46.1 Å². The molecule has 1 aromatic carbocycles. The van der Waals surface area contributed by atoms with Crippen molar-refractivity contribution in [2.45, 2.75) is 57.1 Å². The summed E-state index contributed by atoms with van der Waals surface area (Å²) >= 11 is 0. The van der Waals surface area contributed by atoms with Crippen molar-refractivity contribution in [2.24, 2.45) is 5.92 Å². The third kappa shape index (κ3) is 6.02. The molecule has 8 nitrogen and oxygen atoms in total. The number of hydrogen-bond donors (Lipinski definition) is 1. The molecule has 1 aliphatic heterocycles. The molecule has 0 aromatic heterocycles. The number of sulfonamides is 1. The van der Waals surface area contributed by atoms with Gasteiger partial charge >= 0.3 is 5.97 Å². The van der Waals surface area contributed by atoms with Gasteiger partial charge in [-0.25, -0.2) is 8.42 Å². The second-order valence-electron chi connectivity index (χ2n) is 8.13. The Morgan fingerprint density at radius 3 is 2.24 bits per heavy atom. The Hall–Kier alpha value is -2.44. The molecule has 0 saturated carbocycles. The van der Waals surface area contributed by atoms with E-state index in [0.717, 1.165) is 0 Å². The van der Waals surface area contributed by atoms with Crippen LogP contribution in [0.15, 0.2) is 29.2 Å². The van der Waals surface area contributed by atoms with Gasteiger partial charge in [-0.15, -0.1) is 0 Å². The van der Waals surface area contributed by atoms with E-state index >= 15 is 0 Å². The maximum Gasteiger partial charge on any atom is 0.309 e. The molecule has 9 heteroatoms. The summed E-state index contributed by atoms with van der Waals surface area (Å²) in [7, 11) is -3.69. The fourth-order valence-corrected chi connectivity index (χ4v) is 4.45. The second-order valence-corrected chi connectivity index (χ2v) is 10.1. The number of carbonyl (C=O) groups is 2. The lowest BCUT2D eigenvalue weighted by Gasteiger charge is -2.31. The number of carbonyl (C=O) groups excluding carboxylic acids is 2. The summed E-state index contributed by atoms with van der Waals surface area (Å²) in [5.74, 6) is -1.31. The molecule has 0 spiro atoms. The van der Waals surface area contributed by atoms with Gasteiger partial charge in [0.2, 0.25) is 10.0 Å². The van der Waals surface area contributed by atoms with Gasteiger partial charge in [0.05, 0.1) is 22.4 Å². The Labute approximate surface area is 171 Å². The van der Waals surface area contributed by atoms with E-state index in [4.69, 9.17) is 10.00 Å².